The summed E-state index contributed by atoms with van der Waals surface area (Å²) in [6, 6.07) is 13.2. The molecule has 3 rings (SSSR count). The van der Waals surface area contributed by atoms with Gasteiger partial charge in [-0.3, -0.25) is 10.1 Å². The Morgan fingerprint density at radius 1 is 1.23 bits per heavy atom. The molecule has 1 aliphatic heterocycles. The lowest BCUT2D eigenvalue weighted by Gasteiger charge is -2.27. The molecule has 0 saturated carbocycles. The number of non-ortho nitro benzene ring substituents is 1. The van der Waals surface area contributed by atoms with Crippen molar-refractivity contribution in [1.82, 2.24) is 5.32 Å². The number of para-hydroxylation sites is 2. The van der Waals surface area contributed by atoms with Crippen LogP contribution < -0.4 is 19.5 Å². The Labute approximate surface area is 150 Å². The molecule has 1 heterocycles. The molecule has 0 aromatic heterocycles. The largest absolute Gasteiger partial charge is 0.491 e. The first-order chi connectivity index (χ1) is 12.6. The van der Waals surface area contributed by atoms with Crippen LogP contribution in [0.3, 0.4) is 0 Å². The third-order valence-electron chi connectivity index (χ3n) is 3.81. The van der Waals surface area contributed by atoms with E-state index in [0.29, 0.717) is 31.2 Å². The number of nitro benzene ring substituents is 1. The predicted octanol–water partition coefficient (Wildman–Crippen LogP) is 1.76. The molecule has 26 heavy (non-hydrogen) atoms. The van der Waals surface area contributed by atoms with E-state index < -0.39 is 11.0 Å². The third-order valence-corrected chi connectivity index (χ3v) is 3.81. The lowest BCUT2D eigenvalue weighted by atomic mass is 10.2. The van der Waals surface area contributed by atoms with Gasteiger partial charge in [0, 0.05) is 25.2 Å². The second-order valence-corrected chi connectivity index (χ2v) is 5.87. The van der Waals surface area contributed by atoms with Crippen molar-refractivity contribution in [3.63, 3.8) is 0 Å². The first kappa shape index (κ1) is 18.0. The molecule has 0 amide bonds. The molecule has 2 aromatic rings. The fourth-order valence-corrected chi connectivity index (χ4v) is 2.49. The Morgan fingerprint density at radius 3 is 2.69 bits per heavy atom. The highest BCUT2D eigenvalue weighted by Gasteiger charge is 2.20. The van der Waals surface area contributed by atoms with E-state index in [-0.39, 0.29) is 18.4 Å². The summed E-state index contributed by atoms with van der Waals surface area (Å²) in [6.45, 7) is 1.38. The Morgan fingerprint density at radius 2 is 1.96 bits per heavy atom. The zero-order valence-corrected chi connectivity index (χ0v) is 14.0. The van der Waals surface area contributed by atoms with E-state index in [2.05, 4.69) is 5.32 Å². The van der Waals surface area contributed by atoms with Crippen LogP contribution in [0.4, 0.5) is 5.69 Å². The second kappa shape index (κ2) is 8.50. The van der Waals surface area contributed by atoms with Crippen LogP contribution in [0.1, 0.15) is 0 Å². The maximum absolute atomic E-state index is 10.6. The van der Waals surface area contributed by atoms with Crippen molar-refractivity contribution in [1.29, 1.82) is 0 Å². The number of benzene rings is 2. The normalized spacial score (nSPS) is 16.7. The van der Waals surface area contributed by atoms with Gasteiger partial charge in [-0.25, -0.2) is 0 Å². The maximum Gasteiger partial charge on any atom is 0.269 e. The molecule has 8 heteroatoms. The molecular weight excluding hydrogens is 340 g/mol. The topological polar surface area (TPSA) is 103 Å². The van der Waals surface area contributed by atoms with E-state index in [0.717, 1.165) is 5.75 Å². The number of hydrogen-bond acceptors (Lipinski definition) is 7. The SMILES string of the molecule is O=[N+]([O-])c1ccc(OC[C@@H](O)CNC[C@@H]2COc3ccccc3O2)cc1. The number of aliphatic hydroxyl groups is 1. The fraction of sp³-hybridized carbons (Fsp3) is 0.333. The third kappa shape index (κ3) is 4.84. The van der Waals surface area contributed by atoms with Gasteiger partial charge in [-0.05, 0) is 24.3 Å². The quantitative estimate of drug-likeness (QED) is 0.546. The van der Waals surface area contributed by atoms with Crippen LogP contribution in [0.15, 0.2) is 48.5 Å². The van der Waals surface area contributed by atoms with Gasteiger partial charge in [0.1, 0.15) is 31.2 Å². The van der Waals surface area contributed by atoms with Gasteiger partial charge in [-0.2, -0.15) is 0 Å². The minimum Gasteiger partial charge on any atom is -0.491 e. The van der Waals surface area contributed by atoms with Gasteiger partial charge in [0.05, 0.1) is 4.92 Å². The van der Waals surface area contributed by atoms with E-state index in [1.54, 1.807) is 0 Å². The Bertz CT molecular complexity index is 737. The van der Waals surface area contributed by atoms with E-state index in [1.807, 2.05) is 24.3 Å². The van der Waals surface area contributed by atoms with Crippen molar-refractivity contribution in [3.8, 4) is 17.2 Å². The second-order valence-electron chi connectivity index (χ2n) is 5.87. The minimum atomic E-state index is -0.720. The Balaban J connectivity index is 1.35. The first-order valence-corrected chi connectivity index (χ1v) is 8.26. The summed E-state index contributed by atoms with van der Waals surface area (Å²) < 4.78 is 16.9. The van der Waals surface area contributed by atoms with Gasteiger partial charge < -0.3 is 24.6 Å². The summed E-state index contributed by atoms with van der Waals surface area (Å²) in [4.78, 5) is 10.1. The van der Waals surface area contributed by atoms with E-state index >= 15 is 0 Å². The minimum absolute atomic E-state index is 0.00385. The van der Waals surface area contributed by atoms with Crippen LogP contribution in [0.5, 0.6) is 17.2 Å². The van der Waals surface area contributed by atoms with Gasteiger partial charge in [0.2, 0.25) is 0 Å². The highest BCUT2D eigenvalue weighted by atomic mass is 16.6. The summed E-state index contributed by atoms with van der Waals surface area (Å²) in [5, 5.41) is 23.7. The van der Waals surface area contributed by atoms with Crippen molar-refractivity contribution in [3.05, 3.63) is 58.6 Å². The van der Waals surface area contributed by atoms with E-state index in [4.69, 9.17) is 14.2 Å². The number of fused-ring (bicyclic) bond motifs is 1. The lowest BCUT2D eigenvalue weighted by Crippen LogP contribution is -2.41. The Hall–Kier alpha value is -2.84. The Kier molecular flexibility index (Phi) is 5.88. The van der Waals surface area contributed by atoms with E-state index in [9.17, 15) is 15.2 Å². The molecule has 2 aromatic carbocycles. The summed E-state index contributed by atoms with van der Waals surface area (Å²) >= 11 is 0. The number of ether oxygens (including phenoxy) is 3. The van der Waals surface area contributed by atoms with E-state index in [1.165, 1.54) is 24.3 Å². The zero-order valence-electron chi connectivity index (χ0n) is 14.0. The number of nitrogens with zero attached hydrogens (tertiary/aromatic N) is 1. The van der Waals surface area contributed by atoms with Gasteiger partial charge >= 0.3 is 0 Å². The highest BCUT2D eigenvalue weighted by molar-refractivity contribution is 5.40. The molecule has 0 aliphatic carbocycles. The van der Waals surface area contributed by atoms with Crippen LogP contribution in [-0.2, 0) is 0 Å². The fourth-order valence-electron chi connectivity index (χ4n) is 2.49. The molecule has 0 spiro atoms. The van der Waals surface area contributed by atoms with Crippen molar-refractivity contribution < 1.29 is 24.2 Å². The molecule has 2 atom stereocenters. The summed E-state index contributed by atoms with van der Waals surface area (Å²) in [6.07, 6.45) is -0.852. The molecule has 0 saturated heterocycles. The maximum atomic E-state index is 10.6. The molecule has 8 nitrogen and oxygen atoms in total. The number of rotatable bonds is 8. The smallest absolute Gasteiger partial charge is 0.269 e. The molecule has 0 fully saturated rings. The number of aliphatic hydroxyl groups excluding tert-OH is 1. The summed E-state index contributed by atoms with van der Waals surface area (Å²) in [5.74, 6) is 1.92. The predicted molar refractivity (Wildman–Crippen MR) is 93.8 cm³/mol. The molecule has 0 unspecified atom stereocenters. The van der Waals surface area contributed by atoms with Crippen LogP contribution in [0.25, 0.3) is 0 Å². The van der Waals surface area contributed by atoms with Crippen molar-refractivity contribution in [2.75, 3.05) is 26.3 Å². The van der Waals surface area contributed by atoms with Gasteiger partial charge in [0.25, 0.3) is 5.69 Å². The molecule has 1 aliphatic rings. The van der Waals surface area contributed by atoms with Crippen molar-refractivity contribution in [2.45, 2.75) is 12.2 Å². The van der Waals surface area contributed by atoms with Crippen molar-refractivity contribution >= 4 is 5.69 Å². The first-order valence-electron chi connectivity index (χ1n) is 8.26. The number of nitrogens with one attached hydrogen (secondary N) is 1. The van der Waals surface area contributed by atoms with Crippen molar-refractivity contribution in [2.24, 2.45) is 0 Å². The molecule has 0 radical (unpaired) electrons. The molecule has 138 valence electrons. The van der Waals surface area contributed by atoms with Crippen LogP contribution in [0.2, 0.25) is 0 Å². The van der Waals surface area contributed by atoms with Gasteiger partial charge in [0.15, 0.2) is 11.5 Å². The monoisotopic (exact) mass is 360 g/mol. The average Bonchev–Trinajstić information content (AvgIpc) is 2.66. The number of nitro groups is 1. The highest BCUT2D eigenvalue weighted by Crippen LogP contribution is 2.30. The lowest BCUT2D eigenvalue weighted by molar-refractivity contribution is -0.384. The van der Waals surface area contributed by atoms with Crippen LogP contribution in [-0.4, -0.2) is 48.5 Å². The molecule has 0 bridgehead atoms. The molecular formula is C18H20N2O6. The zero-order chi connectivity index (χ0) is 18.4. The van der Waals surface area contributed by atoms with Gasteiger partial charge in [-0.15, -0.1) is 0 Å². The standard InChI is InChI=1S/C18H20N2O6/c21-14(11-24-15-7-5-13(6-8-15)20(22)23)9-19-10-16-12-25-17-3-1-2-4-18(17)26-16/h1-8,14,16,19,21H,9-12H2/t14-,16+/m0/s1. The summed E-state index contributed by atoms with van der Waals surface area (Å²) in [5.41, 5.74) is -0.00385. The number of hydrogen-bond donors (Lipinski definition) is 2. The van der Waals surface area contributed by atoms with Crippen LogP contribution in [0, 0.1) is 10.1 Å². The van der Waals surface area contributed by atoms with Crippen LogP contribution >= 0.6 is 0 Å². The summed E-state index contributed by atoms with van der Waals surface area (Å²) in [7, 11) is 0. The average molecular weight is 360 g/mol. The van der Waals surface area contributed by atoms with Gasteiger partial charge in [-0.1, -0.05) is 12.1 Å². The molecule has 2 N–H and O–H groups in total.